The second kappa shape index (κ2) is 7.43. The lowest BCUT2D eigenvalue weighted by molar-refractivity contribution is -0.262. The van der Waals surface area contributed by atoms with Crippen LogP contribution in [0.2, 0.25) is 0 Å². The molecule has 1 aliphatic rings. The molecule has 0 bridgehead atoms. The van der Waals surface area contributed by atoms with Gasteiger partial charge in [0, 0.05) is 0 Å². The zero-order chi connectivity index (χ0) is 12.8. The zero-order valence-electron chi connectivity index (χ0n) is 10.4. The van der Waals surface area contributed by atoms with Crippen LogP contribution >= 0.6 is 12.4 Å². The SMILES string of the molecule is Cl.O=C(OOCC1(F)CCNCC1)c1ccccc1. The van der Waals surface area contributed by atoms with Crippen molar-refractivity contribution in [3.63, 3.8) is 0 Å². The third-order valence-corrected chi connectivity index (χ3v) is 2.96. The van der Waals surface area contributed by atoms with Crippen LogP contribution in [-0.2, 0) is 9.78 Å². The Morgan fingerprint density at radius 1 is 1.26 bits per heavy atom. The molecule has 0 aromatic heterocycles. The molecule has 1 aromatic rings. The standard InChI is InChI=1S/C13H16FNO3.ClH/c14-13(6-8-15-9-7-13)10-17-18-12(16)11-4-2-1-3-5-11;/h1-5,15H,6-10H2;1H. The number of alkyl halides is 1. The molecule has 1 aromatic carbocycles. The summed E-state index contributed by atoms with van der Waals surface area (Å²) in [5.41, 5.74) is -1.02. The second-order valence-electron chi connectivity index (χ2n) is 4.40. The van der Waals surface area contributed by atoms with Crippen LogP contribution in [0, 0.1) is 0 Å². The third-order valence-electron chi connectivity index (χ3n) is 2.96. The lowest BCUT2D eigenvalue weighted by Gasteiger charge is -2.28. The normalized spacial score (nSPS) is 17.3. The van der Waals surface area contributed by atoms with Crippen LogP contribution < -0.4 is 5.32 Å². The molecular formula is C13H17ClFNO3. The number of carbonyl (C=O) groups excluding carboxylic acids is 1. The Labute approximate surface area is 117 Å². The van der Waals surface area contributed by atoms with Gasteiger partial charge in [0.25, 0.3) is 0 Å². The van der Waals surface area contributed by atoms with E-state index in [1.165, 1.54) is 0 Å². The van der Waals surface area contributed by atoms with Gasteiger partial charge in [-0.25, -0.2) is 9.18 Å². The van der Waals surface area contributed by atoms with Crippen molar-refractivity contribution >= 4 is 18.4 Å². The minimum absolute atomic E-state index is 0. The van der Waals surface area contributed by atoms with E-state index in [2.05, 4.69) is 10.2 Å². The lowest BCUT2D eigenvalue weighted by atomic mass is 9.96. The highest BCUT2D eigenvalue weighted by atomic mass is 35.5. The molecule has 1 saturated heterocycles. The number of rotatable bonds is 4. The highest BCUT2D eigenvalue weighted by Crippen LogP contribution is 2.23. The van der Waals surface area contributed by atoms with E-state index in [0.717, 1.165) is 0 Å². The topological polar surface area (TPSA) is 47.6 Å². The number of piperidine rings is 1. The molecular weight excluding hydrogens is 273 g/mol. The molecule has 106 valence electrons. The first-order chi connectivity index (χ1) is 8.70. The van der Waals surface area contributed by atoms with Gasteiger partial charge in [-0.05, 0) is 38.1 Å². The molecule has 2 rings (SSSR count). The van der Waals surface area contributed by atoms with Crippen LogP contribution in [0.15, 0.2) is 30.3 Å². The minimum Gasteiger partial charge on any atom is -0.316 e. The summed E-state index contributed by atoms with van der Waals surface area (Å²) >= 11 is 0. The van der Waals surface area contributed by atoms with Gasteiger partial charge in [-0.1, -0.05) is 18.2 Å². The number of hydrogen-bond donors (Lipinski definition) is 1. The summed E-state index contributed by atoms with van der Waals surface area (Å²) in [7, 11) is 0. The maximum absolute atomic E-state index is 14.1. The maximum atomic E-state index is 14.1. The molecule has 0 radical (unpaired) electrons. The van der Waals surface area contributed by atoms with Gasteiger partial charge in [0.15, 0.2) is 0 Å². The van der Waals surface area contributed by atoms with Gasteiger partial charge in [0.05, 0.1) is 5.56 Å². The van der Waals surface area contributed by atoms with Crippen LogP contribution in [0.1, 0.15) is 23.2 Å². The van der Waals surface area contributed by atoms with Gasteiger partial charge in [0.2, 0.25) is 0 Å². The Morgan fingerprint density at radius 3 is 2.53 bits per heavy atom. The Hall–Kier alpha value is -1.17. The van der Waals surface area contributed by atoms with Crippen molar-refractivity contribution < 1.29 is 19.0 Å². The van der Waals surface area contributed by atoms with Crippen LogP contribution in [0.4, 0.5) is 4.39 Å². The summed E-state index contributed by atoms with van der Waals surface area (Å²) in [5, 5.41) is 3.06. The fourth-order valence-corrected chi connectivity index (χ4v) is 1.83. The van der Waals surface area contributed by atoms with Crippen molar-refractivity contribution in [3.05, 3.63) is 35.9 Å². The molecule has 0 atom stereocenters. The summed E-state index contributed by atoms with van der Waals surface area (Å²) in [4.78, 5) is 20.8. The van der Waals surface area contributed by atoms with E-state index in [-0.39, 0.29) is 19.0 Å². The molecule has 0 spiro atoms. The number of halogens is 2. The smallest absolute Gasteiger partial charge is 0.316 e. The van der Waals surface area contributed by atoms with E-state index in [1.54, 1.807) is 30.3 Å². The molecule has 0 unspecified atom stereocenters. The first-order valence-electron chi connectivity index (χ1n) is 5.98. The van der Waals surface area contributed by atoms with Crippen molar-refractivity contribution in [1.82, 2.24) is 5.32 Å². The van der Waals surface area contributed by atoms with E-state index in [1.807, 2.05) is 0 Å². The van der Waals surface area contributed by atoms with Crippen molar-refractivity contribution in [2.45, 2.75) is 18.5 Å². The third kappa shape index (κ3) is 4.78. The van der Waals surface area contributed by atoms with Crippen molar-refractivity contribution in [2.24, 2.45) is 0 Å². The van der Waals surface area contributed by atoms with Crippen LogP contribution in [0.25, 0.3) is 0 Å². The van der Waals surface area contributed by atoms with E-state index in [4.69, 9.17) is 4.89 Å². The summed E-state index contributed by atoms with van der Waals surface area (Å²) < 4.78 is 14.1. The van der Waals surface area contributed by atoms with Crippen molar-refractivity contribution in [3.8, 4) is 0 Å². The fourth-order valence-electron chi connectivity index (χ4n) is 1.83. The van der Waals surface area contributed by atoms with Gasteiger partial charge in [-0.2, -0.15) is 4.89 Å². The van der Waals surface area contributed by atoms with E-state index >= 15 is 0 Å². The van der Waals surface area contributed by atoms with E-state index in [9.17, 15) is 9.18 Å². The van der Waals surface area contributed by atoms with Crippen molar-refractivity contribution in [1.29, 1.82) is 0 Å². The number of benzene rings is 1. The second-order valence-corrected chi connectivity index (χ2v) is 4.40. The Balaban J connectivity index is 0.00000180. The van der Waals surface area contributed by atoms with E-state index in [0.29, 0.717) is 31.5 Å². The van der Waals surface area contributed by atoms with Crippen molar-refractivity contribution in [2.75, 3.05) is 19.7 Å². The molecule has 1 N–H and O–H groups in total. The average Bonchev–Trinajstić information content (AvgIpc) is 2.40. The van der Waals surface area contributed by atoms with Crippen LogP contribution in [0.5, 0.6) is 0 Å². The molecule has 1 heterocycles. The predicted molar refractivity (Wildman–Crippen MR) is 71.0 cm³/mol. The quantitative estimate of drug-likeness (QED) is 0.682. The molecule has 0 saturated carbocycles. The average molecular weight is 290 g/mol. The monoisotopic (exact) mass is 289 g/mol. The van der Waals surface area contributed by atoms with Crippen LogP contribution in [0.3, 0.4) is 0 Å². The number of nitrogens with one attached hydrogen (secondary N) is 1. The number of hydrogen-bond acceptors (Lipinski definition) is 4. The van der Waals surface area contributed by atoms with Crippen LogP contribution in [-0.4, -0.2) is 31.3 Å². The minimum atomic E-state index is -1.40. The summed E-state index contributed by atoms with van der Waals surface area (Å²) in [6.07, 6.45) is 0.742. The molecule has 1 fully saturated rings. The largest absolute Gasteiger partial charge is 0.373 e. The highest BCUT2D eigenvalue weighted by Gasteiger charge is 2.33. The predicted octanol–water partition coefficient (Wildman–Crippen LogP) is 2.29. The van der Waals surface area contributed by atoms with Gasteiger partial charge in [-0.3, -0.25) is 4.89 Å². The van der Waals surface area contributed by atoms with Gasteiger partial charge < -0.3 is 5.32 Å². The van der Waals surface area contributed by atoms with Gasteiger partial charge in [0.1, 0.15) is 12.3 Å². The maximum Gasteiger partial charge on any atom is 0.373 e. The summed E-state index contributed by atoms with van der Waals surface area (Å²) in [5.74, 6) is -0.604. The Bertz CT molecular complexity index is 396. The van der Waals surface area contributed by atoms with Gasteiger partial charge in [-0.15, -0.1) is 12.4 Å². The molecule has 0 aliphatic carbocycles. The summed E-state index contributed by atoms with van der Waals surface area (Å²) in [6, 6.07) is 8.46. The Kier molecular flexibility index (Phi) is 6.21. The van der Waals surface area contributed by atoms with Gasteiger partial charge >= 0.3 is 5.97 Å². The zero-order valence-corrected chi connectivity index (χ0v) is 11.2. The summed E-state index contributed by atoms with van der Waals surface area (Å²) in [6.45, 7) is 1.02. The molecule has 4 nitrogen and oxygen atoms in total. The first-order valence-corrected chi connectivity index (χ1v) is 5.98. The Morgan fingerprint density at radius 2 is 1.89 bits per heavy atom. The fraction of sp³-hybridized carbons (Fsp3) is 0.462. The number of carbonyl (C=O) groups is 1. The first kappa shape index (κ1) is 15.9. The van der Waals surface area contributed by atoms with E-state index < -0.39 is 11.6 Å². The lowest BCUT2D eigenvalue weighted by Crippen LogP contribution is -2.42. The molecule has 1 aliphatic heterocycles. The molecule has 19 heavy (non-hydrogen) atoms. The highest BCUT2D eigenvalue weighted by molar-refractivity contribution is 5.88. The molecule has 0 amide bonds. The molecule has 6 heteroatoms.